The van der Waals surface area contributed by atoms with E-state index in [0.29, 0.717) is 10.8 Å². The van der Waals surface area contributed by atoms with Gasteiger partial charge in [0.15, 0.2) is 5.69 Å². The molecule has 1 unspecified atom stereocenters. The largest absolute Gasteiger partial charge is 0.464 e. The van der Waals surface area contributed by atoms with Crippen molar-refractivity contribution in [3.63, 3.8) is 0 Å². The molecule has 5 nitrogen and oxygen atoms in total. The fourth-order valence-corrected chi connectivity index (χ4v) is 1.89. The number of carbonyl (C=O) groups excluding carboxylic acids is 1. The predicted molar refractivity (Wildman–Crippen MR) is 76.9 cm³/mol. The van der Waals surface area contributed by atoms with E-state index >= 15 is 0 Å². The van der Waals surface area contributed by atoms with Crippen molar-refractivity contribution in [3.05, 3.63) is 52.9 Å². The summed E-state index contributed by atoms with van der Waals surface area (Å²) < 4.78 is 4.56. The summed E-state index contributed by atoms with van der Waals surface area (Å²) in [6, 6.07) is 7.59. The molecular weight excluding hydrogens is 278 g/mol. The average molecular weight is 292 g/mol. The lowest BCUT2D eigenvalue weighted by atomic mass is 10.1. The number of nitrogens with zero attached hydrogens (tertiary/aromatic N) is 2. The van der Waals surface area contributed by atoms with E-state index in [1.54, 1.807) is 0 Å². The molecule has 0 amide bonds. The molecule has 2 aromatic rings. The maximum atomic E-state index is 11.2. The molecule has 0 saturated carbocycles. The summed E-state index contributed by atoms with van der Waals surface area (Å²) in [6.07, 6.45) is 2.87. The van der Waals surface area contributed by atoms with Crippen molar-refractivity contribution in [3.8, 4) is 0 Å². The van der Waals surface area contributed by atoms with Gasteiger partial charge in [-0.1, -0.05) is 23.7 Å². The zero-order valence-corrected chi connectivity index (χ0v) is 11.9. The molecule has 0 aliphatic rings. The van der Waals surface area contributed by atoms with Crippen molar-refractivity contribution in [2.45, 2.75) is 13.0 Å². The Hall–Kier alpha value is -2.14. The Morgan fingerprint density at radius 3 is 2.75 bits per heavy atom. The Balaban J connectivity index is 2.08. The van der Waals surface area contributed by atoms with Gasteiger partial charge in [-0.15, -0.1) is 0 Å². The molecule has 1 N–H and O–H groups in total. The van der Waals surface area contributed by atoms with Crippen LogP contribution in [0.15, 0.2) is 36.7 Å². The van der Waals surface area contributed by atoms with Crippen LogP contribution in [0.5, 0.6) is 0 Å². The molecule has 6 heteroatoms. The standard InChI is InChI=1S/C14H14ClN3O2/c1-9(10-4-3-5-11(15)6-10)18-13-8-16-12(7-17-13)14(19)20-2/h3-9H,1-2H3,(H,17,18). The highest BCUT2D eigenvalue weighted by Gasteiger charge is 2.10. The highest BCUT2D eigenvalue weighted by atomic mass is 35.5. The number of methoxy groups -OCH3 is 1. The average Bonchev–Trinajstić information content (AvgIpc) is 2.47. The summed E-state index contributed by atoms with van der Waals surface area (Å²) in [4.78, 5) is 19.4. The van der Waals surface area contributed by atoms with Crippen LogP contribution in [0.1, 0.15) is 29.0 Å². The minimum atomic E-state index is -0.507. The minimum Gasteiger partial charge on any atom is -0.464 e. The van der Waals surface area contributed by atoms with Crippen molar-refractivity contribution in [2.24, 2.45) is 0 Å². The molecule has 2 rings (SSSR count). The molecule has 1 aromatic carbocycles. The number of rotatable bonds is 4. The van der Waals surface area contributed by atoms with Gasteiger partial charge in [0.1, 0.15) is 5.82 Å². The summed E-state index contributed by atoms with van der Waals surface area (Å²) in [5.74, 6) is 0.0667. The van der Waals surface area contributed by atoms with Gasteiger partial charge < -0.3 is 10.1 Å². The first kappa shape index (κ1) is 14.3. The third-order valence-electron chi connectivity index (χ3n) is 2.76. The second-order valence-electron chi connectivity index (χ2n) is 4.20. The Labute approximate surface area is 122 Å². The lowest BCUT2D eigenvalue weighted by molar-refractivity contribution is 0.0593. The number of ether oxygens (including phenoxy) is 1. The summed E-state index contributed by atoms with van der Waals surface area (Å²) in [5, 5.41) is 3.87. The zero-order chi connectivity index (χ0) is 14.5. The van der Waals surface area contributed by atoms with Crippen molar-refractivity contribution in [1.82, 2.24) is 9.97 Å². The van der Waals surface area contributed by atoms with Crippen LogP contribution in [0.3, 0.4) is 0 Å². The first-order chi connectivity index (χ1) is 9.60. The Morgan fingerprint density at radius 2 is 2.15 bits per heavy atom. The Bertz CT molecular complexity index is 602. The Kier molecular flexibility index (Phi) is 4.53. The lowest BCUT2D eigenvalue weighted by Crippen LogP contribution is -2.10. The molecule has 1 atom stereocenters. The van der Waals surface area contributed by atoms with E-state index in [9.17, 15) is 4.79 Å². The molecule has 20 heavy (non-hydrogen) atoms. The van der Waals surface area contributed by atoms with Gasteiger partial charge in [0.25, 0.3) is 0 Å². The molecule has 0 radical (unpaired) electrons. The van der Waals surface area contributed by atoms with Crippen molar-refractivity contribution in [2.75, 3.05) is 12.4 Å². The number of halogens is 1. The number of anilines is 1. The quantitative estimate of drug-likeness (QED) is 0.877. The molecule has 1 heterocycles. The number of hydrogen-bond acceptors (Lipinski definition) is 5. The topological polar surface area (TPSA) is 64.1 Å². The summed E-state index contributed by atoms with van der Waals surface area (Å²) in [5.41, 5.74) is 1.21. The van der Waals surface area contributed by atoms with Crippen LogP contribution in [0.25, 0.3) is 0 Å². The van der Waals surface area contributed by atoms with Gasteiger partial charge in [0.05, 0.1) is 25.5 Å². The molecule has 0 spiro atoms. The third kappa shape index (κ3) is 3.45. The number of esters is 1. The smallest absolute Gasteiger partial charge is 0.358 e. The van der Waals surface area contributed by atoms with E-state index < -0.39 is 5.97 Å². The van der Waals surface area contributed by atoms with E-state index in [2.05, 4.69) is 20.0 Å². The SMILES string of the molecule is COC(=O)c1cnc(NC(C)c2cccc(Cl)c2)cn1. The Morgan fingerprint density at radius 1 is 1.35 bits per heavy atom. The van der Waals surface area contributed by atoms with Crippen LogP contribution in [0.4, 0.5) is 5.82 Å². The number of carbonyl (C=O) groups is 1. The van der Waals surface area contributed by atoms with Gasteiger partial charge in [-0.25, -0.2) is 14.8 Å². The number of aromatic nitrogens is 2. The zero-order valence-electron chi connectivity index (χ0n) is 11.1. The van der Waals surface area contributed by atoms with Gasteiger partial charge in [-0.05, 0) is 24.6 Å². The maximum Gasteiger partial charge on any atom is 0.358 e. The monoisotopic (exact) mass is 291 g/mol. The summed E-state index contributed by atoms with van der Waals surface area (Å²) in [7, 11) is 1.30. The summed E-state index contributed by atoms with van der Waals surface area (Å²) in [6.45, 7) is 1.99. The predicted octanol–water partition coefficient (Wildman–Crippen LogP) is 3.09. The van der Waals surface area contributed by atoms with Crippen molar-refractivity contribution < 1.29 is 9.53 Å². The van der Waals surface area contributed by atoms with E-state index in [0.717, 1.165) is 5.56 Å². The first-order valence-electron chi connectivity index (χ1n) is 6.02. The van der Waals surface area contributed by atoms with Gasteiger partial charge in [-0.3, -0.25) is 0 Å². The third-order valence-corrected chi connectivity index (χ3v) is 2.99. The number of benzene rings is 1. The molecule has 0 fully saturated rings. The van der Waals surface area contributed by atoms with E-state index in [1.807, 2.05) is 31.2 Å². The van der Waals surface area contributed by atoms with Gasteiger partial charge in [0.2, 0.25) is 0 Å². The maximum absolute atomic E-state index is 11.2. The van der Waals surface area contributed by atoms with Gasteiger partial charge >= 0.3 is 5.97 Å². The lowest BCUT2D eigenvalue weighted by Gasteiger charge is -2.14. The second kappa shape index (κ2) is 6.34. The summed E-state index contributed by atoms with van der Waals surface area (Å²) >= 11 is 5.96. The van der Waals surface area contributed by atoms with Crippen molar-refractivity contribution >= 4 is 23.4 Å². The fraction of sp³-hybridized carbons (Fsp3) is 0.214. The number of hydrogen-bond donors (Lipinski definition) is 1. The molecule has 0 bridgehead atoms. The fourth-order valence-electron chi connectivity index (χ4n) is 1.69. The van der Waals surface area contributed by atoms with E-state index in [-0.39, 0.29) is 11.7 Å². The molecule has 0 saturated heterocycles. The van der Waals surface area contributed by atoms with Crippen LogP contribution in [-0.4, -0.2) is 23.0 Å². The highest BCUT2D eigenvalue weighted by Crippen LogP contribution is 2.20. The molecule has 0 aliphatic carbocycles. The van der Waals surface area contributed by atoms with E-state index in [1.165, 1.54) is 19.5 Å². The van der Waals surface area contributed by atoms with Crippen molar-refractivity contribution in [1.29, 1.82) is 0 Å². The number of nitrogens with one attached hydrogen (secondary N) is 1. The molecule has 104 valence electrons. The first-order valence-corrected chi connectivity index (χ1v) is 6.40. The van der Waals surface area contributed by atoms with Crippen LogP contribution >= 0.6 is 11.6 Å². The second-order valence-corrected chi connectivity index (χ2v) is 4.64. The van der Waals surface area contributed by atoms with E-state index in [4.69, 9.17) is 11.6 Å². The van der Waals surface area contributed by atoms with Gasteiger partial charge in [0, 0.05) is 5.02 Å². The van der Waals surface area contributed by atoms with Crippen LogP contribution < -0.4 is 5.32 Å². The molecule has 1 aromatic heterocycles. The normalized spacial score (nSPS) is 11.8. The molecule has 0 aliphatic heterocycles. The van der Waals surface area contributed by atoms with Gasteiger partial charge in [-0.2, -0.15) is 0 Å². The van der Waals surface area contributed by atoms with Crippen LogP contribution in [0, 0.1) is 0 Å². The molecular formula is C14H14ClN3O2. The van der Waals surface area contributed by atoms with Crippen LogP contribution in [0.2, 0.25) is 5.02 Å². The minimum absolute atomic E-state index is 0.0203. The van der Waals surface area contributed by atoms with Crippen LogP contribution in [-0.2, 0) is 4.74 Å². The highest BCUT2D eigenvalue weighted by molar-refractivity contribution is 6.30.